The lowest BCUT2D eigenvalue weighted by Gasteiger charge is -2.13. The maximum absolute atomic E-state index is 6.25. The topological polar surface area (TPSA) is 12.9 Å². The van der Waals surface area contributed by atoms with E-state index in [1.54, 1.807) is 0 Å². The van der Waals surface area contributed by atoms with Crippen molar-refractivity contribution < 1.29 is 0 Å². The lowest BCUT2D eigenvalue weighted by molar-refractivity contribution is 0.913. The average Bonchev–Trinajstić information content (AvgIpc) is 2.47. The summed E-state index contributed by atoms with van der Waals surface area (Å²) < 4.78 is 0. The van der Waals surface area contributed by atoms with Gasteiger partial charge in [-0.1, -0.05) is 69.5 Å². The summed E-state index contributed by atoms with van der Waals surface area (Å²) in [5, 5.41) is 2.48. The molecule has 0 aliphatic carbocycles. The van der Waals surface area contributed by atoms with Crippen LogP contribution in [0.5, 0.6) is 0 Å². The standard InChI is InChI=1S/C17H12BrCl2N/c18-13(17-14(19)5-3-6-15(17)20)10-12-9-8-11-4-1-2-7-16(11)21-12/h1-9,13H,10H2. The Morgan fingerprint density at radius 3 is 2.38 bits per heavy atom. The van der Waals surface area contributed by atoms with Crippen LogP contribution in [0.25, 0.3) is 10.9 Å². The van der Waals surface area contributed by atoms with Crippen LogP contribution >= 0.6 is 39.1 Å². The van der Waals surface area contributed by atoms with E-state index in [0.717, 1.165) is 28.6 Å². The molecule has 106 valence electrons. The van der Waals surface area contributed by atoms with E-state index < -0.39 is 0 Å². The molecule has 3 aromatic rings. The summed E-state index contributed by atoms with van der Waals surface area (Å²) in [6.07, 6.45) is 0.730. The van der Waals surface area contributed by atoms with E-state index in [1.165, 1.54) is 0 Å². The Hall–Kier alpha value is -1.09. The lowest BCUT2D eigenvalue weighted by atomic mass is 10.1. The van der Waals surface area contributed by atoms with E-state index >= 15 is 0 Å². The Morgan fingerprint density at radius 1 is 0.905 bits per heavy atom. The third kappa shape index (κ3) is 3.23. The fourth-order valence-corrected chi connectivity index (χ4v) is 4.07. The molecule has 0 fully saturated rings. The van der Waals surface area contributed by atoms with E-state index in [9.17, 15) is 0 Å². The van der Waals surface area contributed by atoms with Crippen LogP contribution in [0.2, 0.25) is 10.0 Å². The Kier molecular flexibility index (Phi) is 4.48. The van der Waals surface area contributed by atoms with Crippen molar-refractivity contribution in [3.05, 3.63) is 75.9 Å². The highest BCUT2D eigenvalue weighted by Crippen LogP contribution is 2.37. The van der Waals surface area contributed by atoms with Gasteiger partial charge in [0.15, 0.2) is 0 Å². The van der Waals surface area contributed by atoms with Gasteiger partial charge in [-0.15, -0.1) is 0 Å². The molecule has 0 spiro atoms. The van der Waals surface area contributed by atoms with Gasteiger partial charge in [0.1, 0.15) is 0 Å². The Labute approximate surface area is 142 Å². The Balaban J connectivity index is 1.91. The highest BCUT2D eigenvalue weighted by atomic mass is 79.9. The minimum absolute atomic E-state index is 0.0346. The number of rotatable bonds is 3. The minimum Gasteiger partial charge on any atom is -0.253 e. The third-order valence-corrected chi connectivity index (χ3v) is 4.80. The van der Waals surface area contributed by atoms with Crippen LogP contribution < -0.4 is 0 Å². The number of benzene rings is 2. The zero-order valence-corrected chi connectivity index (χ0v) is 14.2. The predicted molar refractivity (Wildman–Crippen MR) is 93.6 cm³/mol. The Bertz CT molecular complexity index is 768. The highest BCUT2D eigenvalue weighted by Gasteiger charge is 2.16. The fourth-order valence-electron chi connectivity index (χ4n) is 2.32. The second-order valence-electron chi connectivity index (χ2n) is 4.80. The number of fused-ring (bicyclic) bond motifs is 1. The molecule has 1 unspecified atom stereocenters. The maximum atomic E-state index is 6.25. The molecule has 0 saturated heterocycles. The number of aromatic nitrogens is 1. The number of nitrogens with zero attached hydrogens (tertiary/aromatic N) is 1. The molecule has 1 heterocycles. The molecule has 0 aliphatic rings. The zero-order chi connectivity index (χ0) is 14.8. The van der Waals surface area contributed by atoms with E-state index in [2.05, 4.69) is 33.0 Å². The van der Waals surface area contributed by atoms with Crippen LogP contribution in [0.1, 0.15) is 16.1 Å². The molecule has 0 aliphatic heterocycles. The van der Waals surface area contributed by atoms with Crippen molar-refractivity contribution in [2.24, 2.45) is 0 Å². The van der Waals surface area contributed by atoms with Gasteiger partial charge < -0.3 is 0 Å². The summed E-state index contributed by atoms with van der Waals surface area (Å²) in [6, 6.07) is 17.8. The van der Waals surface area contributed by atoms with Crippen molar-refractivity contribution in [2.45, 2.75) is 11.2 Å². The first-order valence-electron chi connectivity index (χ1n) is 6.58. The molecule has 0 N–H and O–H groups in total. The first-order chi connectivity index (χ1) is 10.1. The number of alkyl halides is 1. The summed E-state index contributed by atoms with van der Waals surface area (Å²) in [5.74, 6) is 0. The largest absolute Gasteiger partial charge is 0.253 e. The van der Waals surface area contributed by atoms with Crippen molar-refractivity contribution in [1.29, 1.82) is 0 Å². The number of pyridine rings is 1. The third-order valence-electron chi connectivity index (χ3n) is 3.36. The first-order valence-corrected chi connectivity index (χ1v) is 8.25. The van der Waals surface area contributed by atoms with Gasteiger partial charge in [-0.2, -0.15) is 0 Å². The monoisotopic (exact) mass is 379 g/mol. The molecule has 2 aromatic carbocycles. The number of hydrogen-bond donors (Lipinski definition) is 0. The van der Waals surface area contributed by atoms with E-state index in [-0.39, 0.29) is 4.83 Å². The fraction of sp³-hybridized carbons (Fsp3) is 0.118. The predicted octanol–water partition coefficient (Wildman–Crippen LogP) is 6.22. The lowest BCUT2D eigenvalue weighted by Crippen LogP contribution is -1.99. The number of hydrogen-bond acceptors (Lipinski definition) is 1. The molecule has 1 nitrogen and oxygen atoms in total. The van der Waals surface area contributed by atoms with Gasteiger partial charge in [0.05, 0.1) is 5.52 Å². The van der Waals surface area contributed by atoms with Crippen LogP contribution in [0.3, 0.4) is 0 Å². The summed E-state index contributed by atoms with van der Waals surface area (Å²) in [5.41, 5.74) is 2.92. The van der Waals surface area contributed by atoms with Crippen LogP contribution in [0.15, 0.2) is 54.6 Å². The van der Waals surface area contributed by atoms with Crippen molar-refractivity contribution >= 4 is 50.0 Å². The molecule has 0 saturated carbocycles. The van der Waals surface area contributed by atoms with Gasteiger partial charge in [0.2, 0.25) is 0 Å². The van der Waals surface area contributed by atoms with Gasteiger partial charge in [-0.25, -0.2) is 0 Å². The molecule has 4 heteroatoms. The van der Waals surface area contributed by atoms with Crippen molar-refractivity contribution in [1.82, 2.24) is 4.98 Å². The smallest absolute Gasteiger partial charge is 0.0705 e. The molecule has 1 aromatic heterocycles. The number of halogens is 3. The normalized spacial score (nSPS) is 12.5. The van der Waals surface area contributed by atoms with Crippen LogP contribution in [0, 0.1) is 0 Å². The van der Waals surface area contributed by atoms with Gasteiger partial charge in [-0.05, 0) is 24.3 Å². The van der Waals surface area contributed by atoms with Crippen molar-refractivity contribution in [3.8, 4) is 0 Å². The van der Waals surface area contributed by atoms with E-state index in [0.29, 0.717) is 10.0 Å². The second-order valence-corrected chi connectivity index (χ2v) is 6.72. The van der Waals surface area contributed by atoms with E-state index in [1.807, 2.05) is 42.5 Å². The molecule has 0 bridgehead atoms. The SMILES string of the molecule is Clc1cccc(Cl)c1C(Br)Cc1ccc2ccccc2n1. The van der Waals surface area contributed by atoms with Crippen LogP contribution in [-0.2, 0) is 6.42 Å². The van der Waals surface area contributed by atoms with Crippen molar-refractivity contribution in [3.63, 3.8) is 0 Å². The number of para-hydroxylation sites is 1. The van der Waals surface area contributed by atoms with Gasteiger partial charge in [0.25, 0.3) is 0 Å². The molecule has 0 amide bonds. The molecule has 1 atom stereocenters. The summed E-state index contributed by atoms with van der Waals surface area (Å²) in [4.78, 5) is 4.72. The average molecular weight is 381 g/mol. The minimum atomic E-state index is 0.0346. The van der Waals surface area contributed by atoms with Gasteiger partial charge in [-0.3, -0.25) is 4.98 Å². The maximum Gasteiger partial charge on any atom is 0.0705 e. The van der Waals surface area contributed by atoms with E-state index in [4.69, 9.17) is 23.2 Å². The molecule has 21 heavy (non-hydrogen) atoms. The van der Waals surface area contributed by atoms with Gasteiger partial charge >= 0.3 is 0 Å². The summed E-state index contributed by atoms with van der Waals surface area (Å²) in [7, 11) is 0. The van der Waals surface area contributed by atoms with Gasteiger partial charge in [0, 0.05) is 37.9 Å². The quantitative estimate of drug-likeness (QED) is 0.491. The summed E-state index contributed by atoms with van der Waals surface area (Å²) >= 11 is 16.2. The van der Waals surface area contributed by atoms with Crippen LogP contribution in [-0.4, -0.2) is 4.98 Å². The van der Waals surface area contributed by atoms with Crippen molar-refractivity contribution in [2.75, 3.05) is 0 Å². The second kappa shape index (κ2) is 6.35. The highest BCUT2D eigenvalue weighted by molar-refractivity contribution is 9.09. The first kappa shape index (κ1) is 14.8. The zero-order valence-electron chi connectivity index (χ0n) is 11.1. The van der Waals surface area contributed by atoms with Crippen LogP contribution in [0.4, 0.5) is 0 Å². The summed E-state index contributed by atoms with van der Waals surface area (Å²) in [6.45, 7) is 0. The molecule has 0 radical (unpaired) electrons. The molecular weight excluding hydrogens is 369 g/mol. The molecule has 3 rings (SSSR count). The Morgan fingerprint density at radius 2 is 1.62 bits per heavy atom. The molecular formula is C17H12BrCl2N.